The fourth-order valence-corrected chi connectivity index (χ4v) is 4.06. The molecule has 2 heteroatoms. The summed E-state index contributed by atoms with van der Waals surface area (Å²) < 4.78 is 5.93. The van der Waals surface area contributed by atoms with Crippen LogP contribution in [0.25, 0.3) is 0 Å². The van der Waals surface area contributed by atoms with Gasteiger partial charge >= 0.3 is 5.97 Å². The van der Waals surface area contributed by atoms with Crippen molar-refractivity contribution in [3.8, 4) is 12.8 Å². The molecule has 0 saturated heterocycles. The molecule has 3 atom stereocenters. The monoisotopic (exact) mass is 280 g/mol. The Balaban J connectivity index is 0.00000172. The molecule has 0 amide bonds. The number of terminal acetylenes is 1. The molecular formula is C18H32O2. The van der Waals surface area contributed by atoms with Gasteiger partial charge in [0.15, 0.2) is 0 Å². The minimum Gasteiger partial charge on any atom is -0.459 e. The molecule has 0 radical (unpaired) electrons. The molecule has 0 N–H and O–H groups in total. The van der Waals surface area contributed by atoms with Crippen molar-refractivity contribution >= 4 is 5.97 Å². The van der Waals surface area contributed by atoms with Crippen LogP contribution in [0.3, 0.4) is 0 Å². The van der Waals surface area contributed by atoms with Crippen molar-refractivity contribution in [1.82, 2.24) is 0 Å². The summed E-state index contributed by atoms with van der Waals surface area (Å²) >= 11 is 0. The van der Waals surface area contributed by atoms with Crippen LogP contribution in [0.4, 0.5) is 0 Å². The predicted molar refractivity (Wildman–Crippen MR) is 85.3 cm³/mol. The highest BCUT2D eigenvalue weighted by Gasteiger charge is 2.54. The quantitative estimate of drug-likeness (QED) is 0.545. The Morgan fingerprint density at radius 2 is 1.90 bits per heavy atom. The lowest BCUT2D eigenvalue weighted by atomic mass is 9.55. The maximum Gasteiger partial charge on any atom is 0.306 e. The summed E-state index contributed by atoms with van der Waals surface area (Å²) in [5.41, 5.74) is -0.148. The summed E-state index contributed by atoms with van der Waals surface area (Å²) in [7, 11) is 0. The second-order valence-electron chi connectivity index (χ2n) is 6.57. The van der Waals surface area contributed by atoms with Crippen molar-refractivity contribution in [3.05, 3.63) is 0 Å². The molecule has 0 aromatic heterocycles. The van der Waals surface area contributed by atoms with Crippen LogP contribution in [0.2, 0.25) is 0 Å². The van der Waals surface area contributed by atoms with Crippen molar-refractivity contribution in [1.29, 1.82) is 0 Å². The van der Waals surface area contributed by atoms with Gasteiger partial charge in [0.05, 0.1) is 0 Å². The first-order valence-electron chi connectivity index (χ1n) is 7.86. The van der Waals surface area contributed by atoms with Crippen LogP contribution in [0.5, 0.6) is 0 Å². The van der Waals surface area contributed by atoms with Gasteiger partial charge in [-0.05, 0) is 44.4 Å². The average Bonchev–Trinajstić information content (AvgIpc) is 2.40. The summed E-state index contributed by atoms with van der Waals surface area (Å²) in [5, 5.41) is 0. The molecule has 1 saturated carbocycles. The van der Waals surface area contributed by atoms with E-state index >= 15 is 0 Å². The fourth-order valence-electron chi connectivity index (χ4n) is 4.06. The van der Waals surface area contributed by atoms with E-state index in [2.05, 4.69) is 47.5 Å². The van der Waals surface area contributed by atoms with Crippen LogP contribution in [0.1, 0.15) is 73.6 Å². The summed E-state index contributed by atoms with van der Waals surface area (Å²) in [4.78, 5) is 11.8. The topological polar surface area (TPSA) is 26.3 Å². The molecule has 20 heavy (non-hydrogen) atoms. The van der Waals surface area contributed by atoms with E-state index < -0.39 is 0 Å². The average molecular weight is 280 g/mol. The van der Waals surface area contributed by atoms with Crippen LogP contribution >= 0.6 is 0 Å². The molecule has 1 fully saturated rings. The zero-order chi connectivity index (χ0) is 16.0. The maximum absolute atomic E-state index is 11.8. The van der Waals surface area contributed by atoms with Gasteiger partial charge in [-0.15, -0.1) is 12.8 Å². The number of hydrogen-bond donors (Lipinski definition) is 0. The van der Waals surface area contributed by atoms with Gasteiger partial charge in [-0.2, -0.15) is 0 Å². The molecule has 1 rings (SSSR count). The number of hydrogen-bond acceptors (Lipinski definition) is 2. The van der Waals surface area contributed by atoms with Crippen LogP contribution in [-0.2, 0) is 9.53 Å². The first-order chi connectivity index (χ1) is 9.31. The highest BCUT2D eigenvalue weighted by Crippen LogP contribution is 2.54. The summed E-state index contributed by atoms with van der Waals surface area (Å²) in [6.45, 7) is 13.1. The summed E-state index contributed by atoms with van der Waals surface area (Å²) in [6, 6.07) is 0. The van der Waals surface area contributed by atoms with Gasteiger partial charge < -0.3 is 4.74 Å². The molecule has 0 aromatic carbocycles. The van der Waals surface area contributed by atoms with Gasteiger partial charge in [0, 0.05) is 11.8 Å². The zero-order valence-corrected chi connectivity index (χ0v) is 14.2. The van der Waals surface area contributed by atoms with E-state index in [4.69, 9.17) is 4.74 Å². The Kier molecular flexibility index (Phi) is 7.34. The molecule has 1 aliphatic carbocycles. The van der Waals surface area contributed by atoms with Gasteiger partial charge in [0.1, 0.15) is 5.60 Å². The molecule has 2 nitrogen and oxygen atoms in total. The minimum absolute atomic E-state index is 0.0509. The van der Waals surface area contributed by atoms with Gasteiger partial charge in [-0.1, -0.05) is 34.6 Å². The molecule has 0 aromatic rings. The lowest BCUT2D eigenvalue weighted by molar-refractivity contribution is -0.194. The fraction of sp³-hybridized carbons (Fsp3) is 0.833. The Hall–Kier alpha value is -0.970. The van der Waals surface area contributed by atoms with E-state index in [1.807, 2.05) is 6.92 Å². The van der Waals surface area contributed by atoms with E-state index in [1.165, 1.54) is 12.8 Å². The van der Waals surface area contributed by atoms with Crippen LogP contribution in [0.15, 0.2) is 0 Å². The van der Waals surface area contributed by atoms with Crippen molar-refractivity contribution < 1.29 is 9.53 Å². The van der Waals surface area contributed by atoms with Crippen LogP contribution < -0.4 is 0 Å². The number of ether oxygens (including phenoxy) is 1. The Bertz CT molecular complexity index is 332. The first-order valence-corrected chi connectivity index (χ1v) is 7.86. The maximum atomic E-state index is 11.8. The highest BCUT2D eigenvalue weighted by molar-refractivity contribution is 5.69. The molecule has 0 heterocycles. The standard InChI is InChI=1S/C16H30O2.C2H2/c1-7-14(17)18-15(6)11-13(5)9-10-16(15,8-2)12(3)4;1-2/h12-13H,7-11H2,1-6H3;1-2H. The molecule has 1 aliphatic rings. The largest absolute Gasteiger partial charge is 0.459 e. The second-order valence-corrected chi connectivity index (χ2v) is 6.57. The van der Waals surface area contributed by atoms with Crippen LogP contribution in [0, 0.1) is 30.1 Å². The van der Waals surface area contributed by atoms with E-state index in [1.54, 1.807) is 0 Å². The number of esters is 1. The number of rotatable bonds is 4. The van der Waals surface area contributed by atoms with Gasteiger partial charge in [-0.3, -0.25) is 4.79 Å². The molecule has 0 spiro atoms. The SMILES string of the molecule is C#C.CCC(=O)OC1(C)CC(C)CCC1(CC)C(C)C. The summed E-state index contributed by atoms with van der Waals surface area (Å²) in [6.07, 6.45) is 13.0. The normalized spacial score (nSPS) is 33.1. The third kappa shape index (κ3) is 3.57. The van der Waals surface area contributed by atoms with Crippen molar-refractivity contribution in [3.63, 3.8) is 0 Å². The molecule has 116 valence electrons. The molecule has 3 unspecified atom stereocenters. The molecule has 0 aliphatic heterocycles. The number of carbonyl (C=O) groups is 1. The van der Waals surface area contributed by atoms with Gasteiger partial charge in [-0.25, -0.2) is 0 Å². The van der Waals surface area contributed by atoms with Crippen molar-refractivity contribution in [2.45, 2.75) is 79.2 Å². The highest BCUT2D eigenvalue weighted by atomic mass is 16.6. The van der Waals surface area contributed by atoms with E-state index in [9.17, 15) is 4.79 Å². The van der Waals surface area contributed by atoms with Gasteiger partial charge in [0.25, 0.3) is 0 Å². The predicted octanol–water partition coefficient (Wildman–Crippen LogP) is 4.82. The Morgan fingerprint density at radius 1 is 1.35 bits per heavy atom. The first kappa shape index (κ1) is 19.0. The second kappa shape index (κ2) is 7.72. The third-order valence-electron chi connectivity index (χ3n) is 5.24. The zero-order valence-electron chi connectivity index (χ0n) is 14.2. The summed E-state index contributed by atoms with van der Waals surface area (Å²) in [5.74, 6) is 1.15. The lowest BCUT2D eigenvalue weighted by Gasteiger charge is -2.55. The lowest BCUT2D eigenvalue weighted by Crippen LogP contribution is -2.55. The van der Waals surface area contributed by atoms with Crippen molar-refractivity contribution in [2.75, 3.05) is 0 Å². The van der Waals surface area contributed by atoms with E-state index in [-0.39, 0.29) is 17.0 Å². The van der Waals surface area contributed by atoms with Crippen LogP contribution in [-0.4, -0.2) is 11.6 Å². The van der Waals surface area contributed by atoms with Gasteiger partial charge in [0.2, 0.25) is 0 Å². The minimum atomic E-state index is -0.291. The van der Waals surface area contributed by atoms with E-state index in [0.29, 0.717) is 18.3 Å². The molecule has 0 bridgehead atoms. The Labute approximate surface area is 125 Å². The Morgan fingerprint density at radius 3 is 2.30 bits per heavy atom. The molecular weight excluding hydrogens is 248 g/mol. The third-order valence-corrected chi connectivity index (χ3v) is 5.24. The number of carbonyl (C=O) groups excluding carboxylic acids is 1. The van der Waals surface area contributed by atoms with E-state index in [0.717, 1.165) is 12.8 Å². The smallest absolute Gasteiger partial charge is 0.306 e. The van der Waals surface area contributed by atoms with Crippen molar-refractivity contribution in [2.24, 2.45) is 17.3 Å².